The van der Waals surface area contributed by atoms with Crippen molar-refractivity contribution < 1.29 is 14.7 Å². The number of fused-ring (bicyclic) bond motifs is 1. The second kappa shape index (κ2) is 21.2. The summed E-state index contributed by atoms with van der Waals surface area (Å²) in [6, 6.07) is 32.5. The molecule has 6 N–H and O–H groups in total. The molecule has 262 valence electrons. The monoisotopic (exact) mass is 674 g/mol. The number of nitrogens with two attached hydrogens (primary N) is 1. The first-order chi connectivity index (χ1) is 24.5. The summed E-state index contributed by atoms with van der Waals surface area (Å²) in [5.74, 6) is -1.40. The van der Waals surface area contributed by atoms with E-state index in [0.29, 0.717) is 44.6 Å². The minimum atomic E-state index is -1.02. The maximum absolute atomic E-state index is 12.8. The molecule has 2 atom stereocenters. The van der Waals surface area contributed by atoms with E-state index in [0.717, 1.165) is 42.6 Å². The van der Waals surface area contributed by atoms with Crippen LogP contribution in [0.4, 0.5) is 0 Å². The number of nitrogens with one attached hydrogen (secondary N) is 3. The standard InChI is InChI=1S/C30H39N5O3.C11H11N/c1-2-3-4-9-25(34-22-27-11-6-8-19-33-27)16-17-28(30(37)38)35-29(36)24-14-12-23(13-15-24)20-31-21-26-10-5-7-18-32-26;12-8-10-6-3-5-9-4-1-2-7-11(9)10/h5-8,10-15,18-19,25,28,31,34H,2-4,9,16-17,20-22H2,1H3,(H,35,36)(H,37,38);1-7H,8,12H2/t25?,28-;/m0./s1. The van der Waals surface area contributed by atoms with Crippen molar-refractivity contribution in [1.29, 1.82) is 0 Å². The van der Waals surface area contributed by atoms with Gasteiger partial charge in [-0.1, -0.05) is 92.9 Å². The summed E-state index contributed by atoms with van der Waals surface area (Å²) in [5.41, 5.74) is 10.2. The molecule has 9 heteroatoms. The van der Waals surface area contributed by atoms with Gasteiger partial charge in [0, 0.05) is 50.2 Å². The number of aliphatic carboxylic acids is 1. The van der Waals surface area contributed by atoms with Crippen LogP contribution in [0.15, 0.2) is 116 Å². The van der Waals surface area contributed by atoms with E-state index in [1.807, 2.05) is 66.7 Å². The first-order valence-electron chi connectivity index (χ1n) is 17.5. The fraction of sp³-hybridized carbons (Fsp3) is 0.317. The Morgan fingerprint density at radius 1 is 0.740 bits per heavy atom. The van der Waals surface area contributed by atoms with Crippen LogP contribution in [0.25, 0.3) is 10.8 Å². The van der Waals surface area contributed by atoms with Crippen molar-refractivity contribution in [2.45, 2.75) is 83.7 Å². The van der Waals surface area contributed by atoms with Gasteiger partial charge in [-0.2, -0.15) is 0 Å². The van der Waals surface area contributed by atoms with E-state index in [9.17, 15) is 14.7 Å². The number of carboxylic acids is 1. The van der Waals surface area contributed by atoms with Gasteiger partial charge in [-0.25, -0.2) is 4.79 Å². The number of nitrogens with zero attached hydrogens (tertiary/aromatic N) is 2. The zero-order valence-corrected chi connectivity index (χ0v) is 28.9. The Kier molecular flexibility index (Phi) is 16.0. The van der Waals surface area contributed by atoms with Gasteiger partial charge >= 0.3 is 5.97 Å². The van der Waals surface area contributed by atoms with Crippen molar-refractivity contribution in [3.8, 4) is 0 Å². The second-order valence-corrected chi connectivity index (χ2v) is 12.3. The molecule has 0 aliphatic rings. The van der Waals surface area contributed by atoms with Crippen LogP contribution in [0.3, 0.4) is 0 Å². The molecule has 3 aromatic carbocycles. The van der Waals surface area contributed by atoms with Gasteiger partial charge in [0.2, 0.25) is 0 Å². The van der Waals surface area contributed by atoms with Crippen LogP contribution >= 0.6 is 0 Å². The normalized spacial score (nSPS) is 12.0. The van der Waals surface area contributed by atoms with Crippen LogP contribution < -0.4 is 21.7 Å². The Labute approximate surface area is 295 Å². The van der Waals surface area contributed by atoms with Crippen LogP contribution in [0.5, 0.6) is 0 Å². The van der Waals surface area contributed by atoms with Crippen molar-refractivity contribution in [1.82, 2.24) is 25.9 Å². The van der Waals surface area contributed by atoms with Gasteiger partial charge in [0.1, 0.15) is 6.04 Å². The predicted molar refractivity (Wildman–Crippen MR) is 200 cm³/mol. The number of benzene rings is 3. The Hall–Kier alpha value is -4.96. The van der Waals surface area contributed by atoms with Crippen LogP contribution in [-0.2, 0) is 31.0 Å². The highest BCUT2D eigenvalue weighted by molar-refractivity contribution is 5.96. The lowest BCUT2D eigenvalue weighted by Gasteiger charge is -2.21. The van der Waals surface area contributed by atoms with Crippen molar-refractivity contribution in [3.05, 3.63) is 144 Å². The zero-order valence-electron chi connectivity index (χ0n) is 28.9. The molecule has 5 rings (SSSR count). The third kappa shape index (κ3) is 12.8. The third-order valence-corrected chi connectivity index (χ3v) is 8.54. The largest absolute Gasteiger partial charge is 0.480 e. The molecule has 0 saturated carbocycles. The number of hydrogen-bond acceptors (Lipinski definition) is 7. The van der Waals surface area contributed by atoms with E-state index in [1.54, 1.807) is 24.5 Å². The molecule has 0 bridgehead atoms. The smallest absolute Gasteiger partial charge is 0.326 e. The highest BCUT2D eigenvalue weighted by Crippen LogP contribution is 2.17. The molecule has 0 radical (unpaired) electrons. The molecule has 50 heavy (non-hydrogen) atoms. The van der Waals surface area contributed by atoms with Crippen molar-refractivity contribution in [3.63, 3.8) is 0 Å². The summed E-state index contributed by atoms with van der Waals surface area (Å²) in [6.45, 7) is 4.70. The molecule has 0 aliphatic carbocycles. The summed E-state index contributed by atoms with van der Waals surface area (Å²) in [4.78, 5) is 33.4. The van der Waals surface area contributed by atoms with Gasteiger partial charge in [0.25, 0.3) is 5.91 Å². The fourth-order valence-electron chi connectivity index (χ4n) is 5.69. The molecule has 0 aliphatic heterocycles. The van der Waals surface area contributed by atoms with Gasteiger partial charge < -0.3 is 26.8 Å². The number of pyridine rings is 2. The van der Waals surface area contributed by atoms with E-state index in [2.05, 4.69) is 57.1 Å². The number of carbonyl (C=O) groups excluding carboxylic acids is 1. The molecular formula is C41H50N6O3. The number of carbonyl (C=O) groups is 2. The van der Waals surface area contributed by atoms with Crippen LogP contribution in [-0.4, -0.2) is 39.0 Å². The highest BCUT2D eigenvalue weighted by Gasteiger charge is 2.22. The molecular weight excluding hydrogens is 624 g/mol. The molecule has 1 unspecified atom stereocenters. The van der Waals surface area contributed by atoms with E-state index in [-0.39, 0.29) is 11.9 Å². The van der Waals surface area contributed by atoms with E-state index in [1.165, 1.54) is 16.3 Å². The van der Waals surface area contributed by atoms with Crippen molar-refractivity contribution >= 4 is 22.6 Å². The van der Waals surface area contributed by atoms with Crippen LogP contribution in [0.1, 0.15) is 78.3 Å². The summed E-state index contributed by atoms with van der Waals surface area (Å²) in [6.07, 6.45) is 8.82. The van der Waals surface area contributed by atoms with E-state index >= 15 is 0 Å². The molecule has 0 spiro atoms. The van der Waals surface area contributed by atoms with Crippen LogP contribution in [0.2, 0.25) is 0 Å². The Balaban J connectivity index is 0.000000390. The zero-order chi connectivity index (χ0) is 35.4. The summed E-state index contributed by atoms with van der Waals surface area (Å²) in [5, 5.41) is 21.9. The average molecular weight is 675 g/mol. The lowest BCUT2D eigenvalue weighted by Crippen LogP contribution is -2.42. The fourth-order valence-corrected chi connectivity index (χ4v) is 5.69. The molecule has 0 saturated heterocycles. The lowest BCUT2D eigenvalue weighted by atomic mass is 10.00. The number of carboxylic acid groups (broad SMARTS) is 1. The first-order valence-corrected chi connectivity index (χ1v) is 17.5. The molecule has 1 amide bonds. The number of rotatable bonds is 18. The number of hydrogen-bond donors (Lipinski definition) is 5. The van der Waals surface area contributed by atoms with Crippen molar-refractivity contribution in [2.75, 3.05) is 0 Å². The summed E-state index contributed by atoms with van der Waals surface area (Å²) in [7, 11) is 0. The van der Waals surface area contributed by atoms with E-state index in [4.69, 9.17) is 5.73 Å². The molecule has 9 nitrogen and oxygen atoms in total. The molecule has 0 fully saturated rings. The second-order valence-electron chi connectivity index (χ2n) is 12.3. The molecule has 2 aromatic heterocycles. The lowest BCUT2D eigenvalue weighted by molar-refractivity contribution is -0.139. The summed E-state index contributed by atoms with van der Waals surface area (Å²) >= 11 is 0. The van der Waals surface area contributed by atoms with Gasteiger partial charge in [0.05, 0.1) is 11.4 Å². The maximum atomic E-state index is 12.8. The Morgan fingerprint density at radius 2 is 1.42 bits per heavy atom. The SMILES string of the molecule is CCCCCC(CC[C@H](NC(=O)c1ccc(CNCc2ccccn2)cc1)C(=O)O)NCc1ccccn1.NCc1cccc2ccccc12. The summed E-state index contributed by atoms with van der Waals surface area (Å²) < 4.78 is 0. The molecule has 2 heterocycles. The Morgan fingerprint density at radius 3 is 2.08 bits per heavy atom. The minimum absolute atomic E-state index is 0.153. The number of amides is 1. The van der Waals surface area contributed by atoms with Gasteiger partial charge in [-0.3, -0.25) is 14.8 Å². The number of unbranched alkanes of at least 4 members (excludes halogenated alkanes) is 2. The number of aromatic nitrogens is 2. The minimum Gasteiger partial charge on any atom is -0.480 e. The highest BCUT2D eigenvalue weighted by atomic mass is 16.4. The van der Waals surface area contributed by atoms with Crippen molar-refractivity contribution in [2.24, 2.45) is 5.73 Å². The maximum Gasteiger partial charge on any atom is 0.326 e. The van der Waals surface area contributed by atoms with Gasteiger partial charge in [-0.15, -0.1) is 0 Å². The topological polar surface area (TPSA) is 142 Å². The molecule has 5 aromatic rings. The Bertz CT molecular complexity index is 1710. The van der Waals surface area contributed by atoms with E-state index < -0.39 is 12.0 Å². The quantitative estimate of drug-likeness (QED) is 0.0642. The predicted octanol–water partition coefficient (Wildman–Crippen LogP) is 6.77. The third-order valence-electron chi connectivity index (χ3n) is 8.54. The first kappa shape index (κ1) is 37.9. The van der Waals surface area contributed by atoms with Gasteiger partial charge in [-0.05, 0) is 77.6 Å². The van der Waals surface area contributed by atoms with Crippen LogP contribution in [0, 0.1) is 0 Å². The average Bonchev–Trinajstić information content (AvgIpc) is 3.16. The van der Waals surface area contributed by atoms with Gasteiger partial charge in [0.15, 0.2) is 0 Å².